The quantitative estimate of drug-likeness (QED) is 0.928. The molecule has 2 aliphatic rings. The molecule has 1 aromatic rings. The highest BCUT2D eigenvalue weighted by molar-refractivity contribution is 6.30. The van der Waals surface area contributed by atoms with Gasteiger partial charge in [-0.05, 0) is 43.5 Å². The summed E-state index contributed by atoms with van der Waals surface area (Å²) in [7, 11) is 1.92. The van der Waals surface area contributed by atoms with E-state index in [-0.39, 0.29) is 22.5 Å². The molecule has 0 radical (unpaired) electrons. The molecule has 2 heterocycles. The lowest BCUT2D eigenvalue weighted by molar-refractivity contribution is -0.103. The summed E-state index contributed by atoms with van der Waals surface area (Å²) in [6.45, 7) is 2.18. The standard InChI is InChI=1S/C16H21ClFNO2/c1-19-15(11-2-3-13(17)14(18)8-11)12-4-6-21-16(9-12)5-7-20-10-16/h2-3,8,12,15,19H,4-7,9-10H2,1H3. The van der Waals surface area contributed by atoms with Crippen molar-refractivity contribution >= 4 is 11.6 Å². The van der Waals surface area contributed by atoms with Crippen molar-refractivity contribution in [1.82, 2.24) is 5.32 Å². The minimum Gasteiger partial charge on any atom is -0.378 e. The van der Waals surface area contributed by atoms with Crippen molar-refractivity contribution < 1.29 is 13.9 Å². The number of hydrogen-bond acceptors (Lipinski definition) is 3. The van der Waals surface area contributed by atoms with Gasteiger partial charge in [0, 0.05) is 25.7 Å². The second-order valence-electron chi connectivity index (χ2n) is 6.03. The number of halogens is 2. The SMILES string of the molecule is CNC(c1ccc(Cl)c(F)c1)C1CCOC2(CCOC2)C1. The Labute approximate surface area is 129 Å². The molecule has 21 heavy (non-hydrogen) atoms. The van der Waals surface area contributed by atoms with E-state index in [2.05, 4.69) is 5.32 Å². The molecule has 5 heteroatoms. The van der Waals surface area contributed by atoms with Crippen LogP contribution >= 0.6 is 11.6 Å². The van der Waals surface area contributed by atoms with E-state index in [4.69, 9.17) is 21.1 Å². The van der Waals surface area contributed by atoms with Gasteiger partial charge in [0.05, 0.1) is 17.2 Å². The molecular weight excluding hydrogens is 293 g/mol. The van der Waals surface area contributed by atoms with E-state index in [0.717, 1.165) is 38.0 Å². The Kier molecular flexibility index (Phi) is 4.50. The van der Waals surface area contributed by atoms with E-state index >= 15 is 0 Å². The van der Waals surface area contributed by atoms with Crippen molar-refractivity contribution in [2.24, 2.45) is 5.92 Å². The van der Waals surface area contributed by atoms with Crippen LogP contribution in [0, 0.1) is 11.7 Å². The van der Waals surface area contributed by atoms with E-state index in [1.807, 2.05) is 13.1 Å². The van der Waals surface area contributed by atoms with Gasteiger partial charge in [-0.3, -0.25) is 0 Å². The lowest BCUT2D eigenvalue weighted by Gasteiger charge is -2.40. The third-order valence-electron chi connectivity index (χ3n) is 4.68. The van der Waals surface area contributed by atoms with Gasteiger partial charge in [-0.15, -0.1) is 0 Å². The molecule has 3 atom stereocenters. The predicted octanol–water partition coefficient (Wildman–Crippen LogP) is 3.33. The van der Waals surface area contributed by atoms with Crippen LogP contribution in [-0.4, -0.2) is 32.5 Å². The van der Waals surface area contributed by atoms with Gasteiger partial charge in [0.25, 0.3) is 0 Å². The lowest BCUT2D eigenvalue weighted by Crippen LogP contribution is -2.43. The van der Waals surface area contributed by atoms with Gasteiger partial charge in [0.15, 0.2) is 0 Å². The fraction of sp³-hybridized carbons (Fsp3) is 0.625. The van der Waals surface area contributed by atoms with Gasteiger partial charge in [0.2, 0.25) is 0 Å². The Morgan fingerprint density at radius 2 is 2.29 bits per heavy atom. The van der Waals surface area contributed by atoms with Crippen LogP contribution < -0.4 is 5.32 Å². The second kappa shape index (κ2) is 6.21. The molecule has 3 rings (SSSR count). The molecule has 0 bridgehead atoms. The Morgan fingerprint density at radius 3 is 2.95 bits per heavy atom. The van der Waals surface area contributed by atoms with Gasteiger partial charge in [0.1, 0.15) is 5.82 Å². The Bertz CT molecular complexity index is 505. The van der Waals surface area contributed by atoms with Crippen LogP contribution in [0.25, 0.3) is 0 Å². The van der Waals surface area contributed by atoms with E-state index in [0.29, 0.717) is 12.5 Å². The van der Waals surface area contributed by atoms with Crippen molar-refractivity contribution in [1.29, 1.82) is 0 Å². The Balaban J connectivity index is 1.80. The number of rotatable bonds is 3. The zero-order valence-electron chi connectivity index (χ0n) is 12.2. The van der Waals surface area contributed by atoms with E-state index in [9.17, 15) is 4.39 Å². The third kappa shape index (κ3) is 3.09. The highest BCUT2D eigenvalue weighted by atomic mass is 35.5. The molecule has 2 aliphatic heterocycles. The summed E-state index contributed by atoms with van der Waals surface area (Å²) >= 11 is 5.78. The zero-order valence-corrected chi connectivity index (χ0v) is 13.0. The fourth-order valence-corrected chi connectivity index (χ4v) is 3.71. The summed E-state index contributed by atoms with van der Waals surface area (Å²) in [5.41, 5.74) is 0.809. The van der Waals surface area contributed by atoms with Crippen molar-refractivity contribution in [3.63, 3.8) is 0 Å². The predicted molar refractivity (Wildman–Crippen MR) is 80.1 cm³/mol. The molecule has 0 aliphatic carbocycles. The van der Waals surface area contributed by atoms with Crippen LogP contribution in [0.5, 0.6) is 0 Å². The largest absolute Gasteiger partial charge is 0.378 e. The summed E-state index contributed by atoms with van der Waals surface area (Å²) in [5, 5.41) is 3.50. The van der Waals surface area contributed by atoms with E-state index in [1.54, 1.807) is 6.07 Å². The topological polar surface area (TPSA) is 30.5 Å². The van der Waals surface area contributed by atoms with Gasteiger partial charge in [-0.25, -0.2) is 4.39 Å². The van der Waals surface area contributed by atoms with Crippen LogP contribution in [-0.2, 0) is 9.47 Å². The first-order valence-electron chi connectivity index (χ1n) is 7.47. The maximum absolute atomic E-state index is 13.7. The summed E-state index contributed by atoms with van der Waals surface area (Å²) in [5.74, 6) is 0.0476. The molecule has 2 saturated heterocycles. The normalized spacial score (nSPS) is 30.7. The van der Waals surface area contributed by atoms with Crippen molar-refractivity contribution in [3.8, 4) is 0 Å². The number of benzene rings is 1. The molecular formula is C16H21ClFNO2. The molecule has 0 aromatic heterocycles. The minimum atomic E-state index is -0.361. The van der Waals surface area contributed by atoms with Gasteiger partial charge < -0.3 is 14.8 Å². The molecule has 3 unspecified atom stereocenters. The number of hydrogen-bond donors (Lipinski definition) is 1. The molecule has 2 fully saturated rings. The van der Waals surface area contributed by atoms with E-state index < -0.39 is 0 Å². The summed E-state index contributed by atoms with van der Waals surface area (Å²) in [4.78, 5) is 0. The summed E-state index contributed by atoms with van der Waals surface area (Å²) in [6, 6.07) is 5.18. The van der Waals surface area contributed by atoms with Crippen LogP contribution in [0.2, 0.25) is 5.02 Å². The maximum Gasteiger partial charge on any atom is 0.142 e. The molecule has 0 amide bonds. The van der Waals surface area contributed by atoms with Crippen molar-refractivity contribution in [2.45, 2.75) is 30.9 Å². The zero-order chi connectivity index (χ0) is 14.9. The molecule has 1 aromatic carbocycles. The maximum atomic E-state index is 13.7. The van der Waals surface area contributed by atoms with Crippen LogP contribution in [0.15, 0.2) is 18.2 Å². The minimum absolute atomic E-state index is 0.109. The number of nitrogens with one attached hydrogen (secondary N) is 1. The average Bonchev–Trinajstić information content (AvgIpc) is 2.91. The second-order valence-corrected chi connectivity index (χ2v) is 6.43. The molecule has 1 spiro atoms. The molecule has 0 saturated carbocycles. The van der Waals surface area contributed by atoms with Crippen molar-refractivity contribution in [2.75, 3.05) is 26.9 Å². The number of ether oxygens (including phenoxy) is 2. The Morgan fingerprint density at radius 1 is 1.43 bits per heavy atom. The first-order valence-corrected chi connectivity index (χ1v) is 7.85. The van der Waals surface area contributed by atoms with Crippen LogP contribution in [0.4, 0.5) is 4.39 Å². The fourth-order valence-electron chi connectivity index (χ4n) is 3.59. The lowest BCUT2D eigenvalue weighted by atomic mass is 9.79. The highest BCUT2D eigenvalue weighted by Gasteiger charge is 2.43. The first-order chi connectivity index (χ1) is 10.1. The van der Waals surface area contributed by atoms with Gasteiger partial charge >= 0.3 is 0 Å². The summed E-state index contributed by atoms with van der Waals surface area (Å²) in [6.07, 6.45) is 2.87. The summed E-state index contributed by atoms with van der Waals surface area (Å²) < 4.78 is 25.2. The van der Waals surface area contributed by atoms with Crippen LogP contribution in [0.1, 0.15) is 30.9 Å². The molecule has 3 nitrogen and oxygen atoms in total. The highest BCUT2D eigenvalue weighted by Crippen LogP contribution is 2.41. The van der Waals surface area contributed by atoms with Gasteiger partial charge in [-0.2, -0.15) is 0 Å². The smallest absolute Gasteiger partial charge is 0.142 e. The monoisotopic (exact) mass is 313 g/mol. The average molecular weight is 314 g/mol. The molecule has 116 valence electrons. The van der Waals surface area contributed by atoms with Crippen molar-refractivity contribution in [3.05, 3.63) is 34.6 Å². The third-order valence-corrected chi connectivity index (χ3v) is 4.99. The van der Waals surface area contributed by atoms with E-state index in [1.165, 1.54) is 6.07 Å². The Hall–Kier alpha value is -0.680. The van der Waals surface area contributed by atoms with Gasteiger partial charge in [-0.1, -0.05) is 17.7 Å². The first kappa shape index (κ1) is 15.2. The molecule has 1 N–H and O–H groups in total. The van der Waals surface area contributed by atoms with Crippen LogP contribution in [0.3, 0.4) is 0 Å².